The molecule has 0 spiro atoms. The number of benzene rings is 2. The summed E-state index contributed by atoms with van der Waals surface area (Å²) in [5.41, 5.74) is 3.44. The summed E-state index contributed by atoms with van der Waals surface area (Å²) in [6.07, 6.45) is 0. The summed E-state index contributed by atoms with van der Waals surface area (Å²) in [6, 6.07) is 18.7. The van der Waals surface area contributed by atoms with Gasteiger partial charge in [0, 0.05) is 23.5 Å². The van der Waals surface area contributed by atoms with E-state index < -0.39 is 0 Å². The quantitative estimate of drug-likeness (QED) is 0.334. The molecule has 0 radical (unpaired) electrons. The van der Waals surface area contributed by atoms with Crippen molar-refractivity contribution in [2.45, 2.75) is 26.4 Å². The van der Waals surface area contributed by atoms with Crippen LogP contribution in [0.3, 0.4) is 0 Å². The van der Waals surface area contributed by atoms with Crippen LogP contribution in [-0.4, -0.2) is 23.1 Å². The molecular weight excluding hydrogens is 402 g/mol. The summed E-state index contributed by atoms with van der Waals surface area (Å²) in [6.45, 7) is 5.09. The monoisotopic (exact) mass is 423 g/mol. The van der Waals surface area contributed by atoms with E-state index in [0.29, 0.717) is 0 Å². The Hall–Kier alpha value is -2.63. The molecule has 148 valence electrons. The number of rotatable bonds is 6. The van der Waals surface area contributed by atoms with Gasteiger partial charge in [0.25, 0.3) is 0 Å². The molecule has 29 heavy (non-hydrogen) atoms. The van der Waals surface area contributed by atoms with E-state index in [2.05, 4.69) is 70.5 Å². The van der Waals surface area contributed by atoms with E-state index in [4.69, 9.17) is 16.3 Å². The molecule has 2 aromatic carbocycles. The number of nitrogens with zero attached hydrogens (tertiary/aromatic N) is 3. The van der Waals surface area contributed by atoms with Gasteiger partial charge in [-0.25, -0.2) is 4.98 Å². The summed E-state index contributed by atoms with van der Waals surface area (Å²) in [5, 5.41) is 3.44. The maximum atomic E-state index is 6.31. The molecule has 0 unspecified atom stereocenters. The number of aromatic nitrogens is 2. The van der Waals surface area contributed by atoms with Crippen LogP contribution in [0.15, 0.2) is 60.0 Å². The zero-order valence-electron chi connectivity index (χ0n) is 16.6. The maximum Gasteiger partial charge on any atom is 0.225 e. The van der Waals surface area contributed by atoms with E-state index >= 15 is 0 Å². The lowest BCUT2D eigenvalue weighted by molar-refractivity contribution is 0.415. The first-order chi connectivity index (χ1) is 14.1. The third-order valence-electron chi connectivity index (χ3n) is 4.88. The molecule has 0 aliphatic heterocycles. The number of hydrogen-bond donors (Lipinski definition) is 0. The van der Waals surface area contributed by atoms with Crippen molar-refractivity contribution >= 4 is 39.0 Å². The Morgan fingerprint density at radius 2 is 1.76 bits per heavy atom. The van der Waals surface area contributed by atoms with Crippen LogP contribution in [-0.2, 0) is 6.54 Å². The minimum absolute atomic E-state index is 0.244. The second-order valence-electron chi connectivity index (χ2n) is 7.08. The first kappa shape index (κ1) is 19.7. The van der Waals surface area contributed by atoms with Crippen LogP contribution in [0, 0.1) is 0 Å². The highest BCUT2D eigenvalue weighted by molar-refractivity contribution is 7.17. The smallest absolute Gasteiger partial charge is 0.225 e. The van der Waals surface area contributed by atoms with E-state index in [0.717, 1.165) is 39.5 Å². The lowest BCUT2D eigenvalue weighted by atomic mass is 10.1. The molecule has 0 aliphatic carbocycles. The van der Waals surface area contributed by atoms with Gasteiger partial charge in [-0.15, -0.1) is 11.3 Å². The van der Waals surface area contributed by atoms with Gasteiger partial charge in [0.2, 0.25) is 5.28 Å². The lowest BCUT2D eigenvalue weighted by Gasteiger charge is -2.29. The molecule has 0 N–H and O–H groups in total. The van der Waals surface area contributed by atoms with E-state index in [-0.39, 0.29) is 11.3 Å². The van der Waals surface area contributed by atoms with Crippen LogP contribution in [0.4, 0.5) is 5.82 Å². The van der Waals surface area contributed by atoms with Crippen molar-refractivity contribution in [1.29, 1.82) is 0 Å². The Morgan fingerprint density at radius 3 is 2.41 bits per heavy atom. The predicted octanol–water partition coefficient (Wildman–Crippen LogP) is 6.44. The highest BCUT2D eigenvalue weighted by atomic mass is 35.5. The van der Waals surface area contributed by atoms with E-state index in [1.54, 1.807) is 18.4 Å². The Balaban J connectivity index is 1.86. The lowest BCUT2D eigenvalue weighted by Crippen LogP contribution is -2.31. The van der Waals surface area contributed by atoms with Crippen molar-refractivity contribution in [3.63, 3.8) is 0 Å². The average Bonchev–Trinajstić information content (AvgIpc) is 3.16. The minimum Gasteiger partial charge on any atom is -0.497 e. The van der Waals surface area contributed by atoms with Gasteiger partial charge in [-0.1, -0.05) is 42.5 Å². The molecule has 0 atom stereocenters. The molecule has 0 bridgehead atoms. The van der Waals surface area contributed by atoms with Gasteiger partial charge in [-0.05, 0) is 48.7 Å². The van der Waals surface area contributed by atoms with Crippen LogP contribution in [0.25, 0.3) is 21.3 Å². The Labute approximate surface area is 179 Å². The van der Waals surface area contributed by atoms with Crippen LogP contribution in [0.1, 0.15) is 19.4 Å². The fourth-order valence-electron chi connectivity index (χ4n) is 3.37. The van der Waals surface area contributed by atoms with Gasteiger partial charge >= 0.3 is 0 Å². The molecule has 2 aromatic heterocycles. The zero-order chi connectivity index (χ0) is 20.4. The van der Waals surface area contributed by atoms with Crippen molar-refractivity contribution in [3.8, 4) is 16.9 Å². The summed E-state index contributed by atoms with van der Waals surface area (Å²) in [4.78, 5) is 12.3. The zero-order valence-corrected chi connectivity index (χ0v) is 18.2. The van der Waals surface area contributed by atoms with Crippen LogP contribution >= 0.6 is 22.9 Å². The molecule has 0 saturated carbocycles. The fourth-order valence-corrected chi connectivity index (χ4v) is 4.53. The van der Waals surface area contributed by atoms with Crippen LogP contribution in [0.5, 0.6) is 5.75 Å². The molecule has 2 heterocycles. The number of halogens is 1. The van der Waals surface area contributed by atoms with E-state index in [9.17, 15) is 0 Å². The largest absolute Gasteiger partial charge is 0.497 e. The van der Waals surface area contributed by atoms with Gasteiger partial charge in [0.05, 0.1) is 12.5 Å². The first-order valence-electron chi connectivity index (χ1n) is 9.46. The molecule has 4 rings (SSSR count). The Morgan fingerprint density at radius 1 is 1.03 bits per heavy atom. The highest BCUT2D eigenvalue weighted by Crippen LogP contribution is 2.40. The molecule has 0 fully saturated rings. The Kier molecular flexibility index (Phi) is 5.69. The molecule has 4 aromatic rings. The molecule has 0 saturated heterocycles. The van der Waals surface area contributed by atoms with Gasteiger partial charge in [0.1, 0.15) is 16.4 Å². The highest BCUT2D eigenvalue weighted by Gasteiger charge is 2.21. The normalized spacial score (nSPS) is 11.2. The molecule has 6 heteroatoms. The number of fused-ring (bicyclic) bond motifs is 1. The molecule has 0 amide bonds. The first-order valence-corrected chi connectivity index (χ1v) is 10.7. The van der Waals surface area contributed by atoms with E-state index in [1.165, 1.54) is 5.56 Å². The van der Waals surface area contributed by atoms with Crippen LogP contribution < -0.4 is 9.64 Å². The summed E-state index contributed by atoms with van der Waals surface area (Å²) in [5.74, 6) is 1.70. The topological polar surface area (TPSA) is 38.3 Å². The average molecular weight is 424 g/mol. The molecule has 4 nitrogen and oxygen atoms in total. The van der Waals surface area contributed by atoms with Crippen molar-refractivity contribution in [1.82, 2.24) is 9.97 Å². The SMILES string of the molecule is COc1ccc(-c2csc3nc(Cl)nc(N(Cc4ccccc4)C(C)C)c23)cc1. The third kappa shape index (κ3) is 4.07. The minimum atomic E-state index is 0.244. The van der Waals surface area contributed by atoms with Crippen LogP contribution in [0.2, 0.25) is 5.28 Å². The Bertz CT molecular complexity index is 1110. The van der Waals surface area contributed by atoms with Gasteiger partial charge in [-0.3, -0.25) is 0 Å². The van der Waals surface area contributed by atoms with Gasteiger partial charge in [0.15, 0.2) is 0 Å². The number of hydrogen-bond acceptors (Lipinski definition) is 5. The standard InChI is InChI=1S/C23H22ClN3OS/c1-15(2)27(13-16-7-5-4-6-8-16)21-20-19(14-29-22(20)26-23(24)25-21)17-9-11-18(28-3)12-10-17/h4-12,14-15H,13H2,1-3H3. The fraction of sp³-hybridized carbons (Fsp3) is 0.217. The predicted molar refractivity (Wildman–Crippen MR) is 122 cm³/mol. The van der Waals surface area contributed by atoms with Gasteiger partial charge < -0.3 is 9.64 Å². The summed E-state index contributed by atoms with van der Waals surface area (Å²) in [7, 11) is 1.67. The van der Waals surface area contributed by atoms with Crippen molar-refractivity contribution in [2.75, 3.05) is 12.0 Å². The van der Waals surface area contributed by atoms with Gasteiger partial charge in [-0.2, -0.15) is 4.98 Å². The molecule has 0 aliphatic rings. The summed E-state index contributed by atoms with van der Waals surface area (Å²) >= 11 is 7.90. The van der Waals surface area contributed by atoms with Crippen molar-refractivity contribution in [3.05, 3.63) is 70.8 Å². The summed E-state index contributed by atoms with van der Waals surface area (Å²) < 4.78 is 5.30. The van der Waals surface area contributed by atoms with Crippen molar-refractivity contribution in [2.24, 2.45) is 0 Å². The van der Waals surface area contributed by atoms with Crippen molar-refractivity contribution < 1.29 is 4.74 Å². The molecular formula is C23H22ClN3OS. The second kappa shape index (κ2) is 8.39. The number of anilines is 1. The number of thiophene rings is 1. The number of methoxy groups -OCH3 is 1. The maximum absolute atomic E-state index is 6.31. The third-order valence-corrected chi connectivity index (χ3v) is 5.92. The second-order valence-corrected chi connectivity index (χ2v) is 8.28. The van der Waals surface area contributed by atoms with E-state index in [1.807, 2.05) is 18.2 Å². The number of ether oxygens (including phenoxy) is 1.